The molecule has 3 rings (SSSR count). The summed E-state index contributed by atoms with van der Waals surface area (Å²) in [5.74, 6) is -0.367. The first-order valence-corrected chi connectivity index (χ1v) is 8.30. The predicted molar refractivity (Wildman–Crippen MR) is 90.9 cm³/mol. The van der Waals surface area contributed by atoms with Crippen molar-refractivity contribution >= 4 is 34.7 Å². The molecular formula is C17H12ClNO4S. The van der Waals surface area contributed by atoms with Crippen LogP contribution in [0.2, 0.25) is 4.34 Å². The van der Waals surface area contributed by atoms with E-state index in [1.54, 1.807) is 30.3 Å². The van der Waals surface area contributed by atoms with E-state index in [2.05, 4.69) is 5.16 Å². The molecule has 0 amide bonds. The van der Waals surface area contributed by atoms with Crippen LogP contribution in [0.4, 0.5) is 0 Å². The van der Waals surface area contributed by atoms with Crippen LogP contribution in [0.1, 0.15) is 32.2 Å². The second kappa shape index (κ2) is 6.98. The summed E-state index contributed by atoms with van der Waals surface area (Å²) in [7, 11) is 0. The number of benzene rings is 1. The molecule has 0 aliphatic heterocycles. The second-order valence-corrected chi connectivity index (χ2v) is 6.80. The number of aryl methyl sites for hydroxylation is 1. The Bertz CT molecular complexity index is 882. The van der Waals surface area contributed by atoms with Crippen molar-refractivity contribution in [1.82, 2.24) is 5.16 Å². The summed E-state index contributed by atoms with van der Waals surface area (Å²) in [6, 6.07) is 11.5. The highest BCUT2D eigenvalue weighted by Gasteiger charge is 2.12. The van der Waals surface area contributed by atoms with Crippen LogP contribution in [0.25, 0.3) is 11.3 Å². The average Bonchev–Trinajstić information content (AvgIpc) is 3.22. The Morgan fingerprint density at radius 1 is 1.17 bits per heavy atom. The van der Waals surface area contributed by atoms with Gasteiger partial charge in [0.15, 0.2) is 5.78 Å². The number of nitrogens with zero attached hydrogens (tertiary/aromatic N) is 1. The molecule has 24 heavy (non-hydrogen) atoms. The van der Waals surface area contributed by atoms with E-state index in [4.69, 9.17) is 21.2 Å². The molecule has 5 nitrogen and oxygen atoms in total. The van der Waals surface area contributed by atoms with Crippen molar-refractivity contribution in [3.05, 3.63) is 63.0 Å². The third kappa shape index (κ3) is 3.72. The second-order valence-electron chi connectivity index (χ2n) is 5.09. The largest absolute Gasteiger partial charge is 0.478 e. The van der Waals surface area contributed by atoms with E-state index >= 15 is 0 Å². The van der Waals surface area contributed by atoms with Gasteiger partial charge in [0.2, 0.25) is 0 Å². The number of halogens is 1. The molecule has 2 aromatic heterocycles. The quantitative estimate of drug-likeness (QED) is 0.650. The Morgan fingerprint density at radius 3 is 2.54 bits per heavy atom. The Morgan fingerprint density at radius 2 is 1.92 bits per heavy atom. The molecule has 0 radical (unpaired) electrons. The summed E-state index contributed by atoms with van der Waals surface area (Å²) in [5.41, 5.74) is 1.57. The minimum Gasteiger partial charge on any atom is -0.478 e. The number of thiophene rings is 1. The zero-order valence-electron chi connectivity index (χ0n) is 12.4. The van der Waals surface area contributed by atoms with Crippen molar-refractivity contribution in [3.8, 4) is 11.3 Å². The van der Waals surface area contributed by atoms with E-state index in [0.29, 0.717) is 33.5 Å². The van der Waals surface area contributed by atoms with Crippen molar-refractivity contribution in [3.63, 3.8) is 0 Å². The van der Waals surface area contributed by atoms with Gasteiger partial charge in [0.25, 0.3) is 0 Å². The number of carbonyl (C=O) groups is 2. The number of hydrogen-bond donors (Lipinski definition) is 1. The Kier molecular flexibility index (Phi) is 4.78. The summed E-state index contributed by atoms with van der Waals surface area (Å²) in [5, 5.41) is 12.9. The highest BCUT2D eigenvalue weighted by Crippen LogP contribution is 2.24. The van der Waals surface area contributed by atoms with Gasteiger partial charge < -0.3 is 9.63 Å². The Labute approximate surface area is 146 Å². The molecular weight excluding hydrogens is 350 g/mol. The third-order valence-electron chi connectivity index (χ3n) is 3.43. The van der Waals surface area contributed by atoms with Gasteiger partial charge in [0, 0.05) is 24.5 Å². The molecule has 0 fully saturated rings. The molecule has 0 aliphatic rings. The van der Waals surface area contributed by atoms with Gasteiger partial charge in [-0.25, -0.2) is 4.79 Å². The number of aromatic carboxylic acids is 1. The van der Waals surface area contributed by atoms with Gasteiger partial charge in [0.05, 0.1) is 14.8 Å². The van der Waals surface area contributed by atoms with Crippen LogP contribution < -0.4 is 0 Å². The van der Waals surface area contributed by atoms with E-state index in [1.165, 1.54) is 23.5 Å². The molecule has 0 spiro atoms. The SMILES string of the molecule is O=C(O)c1ccc(-c2cc(CCC(=O)c3ccc(Cl)s3)on2)cc1. The molecule has 1 N–H and O–H groups in total. The summed E-state index contributed by atoms with van der Waals surface area (Å²) in [6.07, 6.45) is 0.748. The van der Waals surface area contributed by atoms with Crippen LogP contribution >= 0.6 is 22.9 Å². The first-order chi connectivity index (χ1) is 11.5. The van der Waals surface area contributed by atoms with E-state index in [0.717, 1.165) is 5.56 Å². The molecule has 2 heterocycles. The molecule has 0 bridgehead atoms. The smallest absolute Gasteiger partial charge is 0.335 e. The first-order valence-electron chi connectivity index (χ1n) is 7.11. The normalized spacial score (nSPS) is 10.7. The number of rotatable bonds is 6. The zero-order valence-corrected chi connectivity index (χ0v) is 13.9. The monoisotopic (exact) mass is 361 g/mol. The highest BCUT2D eigenvalue weighted by molar-refractivity contribution is 7.18. The number of carboxylic acid groups (broad SMARTS) is 1. The van der Waals surface area contributed by atoms with Crippen LogP contribution in [0.3, 0.4) is 0 Å². The molecule has 0 unspecified atom stereocenters. The maximum Gasteiger partial charge on any atom is 0.335 e. The molecule has 0 atom stereocenters. The number of Topliss-reactive ketones (excluding diaryl/α,β-unsaturated/α-hetero) is 1. The van der Waals surface area contributed by atoms with Crippen LogP contribution in [-0.4, -0.2) is 22.0 Å². The van der Waals surface area contributed by atoms with E-state index < -0.39 is 5.97 Å². The van der Waals surface area contributed by atoms with Crippen molar-refractivity contribution < 1.29 is 19.2 Å². The van der Waals surface area contributed by atoms with Crippen molar-refractivity contribution in [2.75, 3.05) is 0 Å². The molecule has 3 aromatic rings. The fourth-order valence-corrected chi connectivity index (χ4v) is 3.18. The number of hydrogen-bond acceptors (Lipinski definition) is 5. The lowest BCUT2D eigenvalue weighted by Gasteiger charge is -1.96. The van der Waals surface area contributed by atoms with E-state index in [1.807, 2.05) is 0 Å². The van der Waals surface area contributed by atoms with Gasteiger partial charge in [-0.05, 0) is 24.3 Å². The Balaban J connectivity index is 1.65. The molecule has 0 saturated carbocycles. The van der Waals surface area contributed by atoms with Crippen LogP contribution in [0.15, 0.2) is 47.0 Å². The molecule has 122 valence electrons. The van der Waals surface area contributed by atoms with Crippen LogP contribution in [-0.2, 0) is 6.42 Å². The summed E-state index contributed by atoms with van der Waals surface area (Å²) < 4.78 is 5.84. The van der Waals surface area contributed by atoms with Crippen molar-refractivity contribution in [2.24, 2.45) is 0 Å². The number of carbonyl (C=O) groups excluding carboxylic acids is 1. The lowest BCUT2D eigenvalue weighted by molar-refractivity contribution is 0.0696. The zero-order chi connectivity index (χ0) is 17.1. The van der Waals surface area contributed by atoms with E-state index in [-0.39, 0.29) is 11.3 Å². The summed E-state index contributed by atoms with van der Waals surface area (Å²) in [4.78, 5) is 23.5. The predicted octanol–water partition coefficient (Wildman–Crippen LogP) is 4.57. The summed E-state index contributed by atoms with van der Waals surface area (Å²) in [6.45, 7) is 0. The topological polar surface area (TPSA) is 80.4 Å². The fourth-order valence-electron chi connectivity index (χ4n) is 2.17. The van der Waals surface area contributed by atoms with Crippen LogP contribution in [0.5, 0.6) is 0 Å². The first kappa shape index (κ1) is 16.4. The third-order valence-corrected chi connectivity index (χ3v) is 4.71. The van der Waals surface area contributed by atoms with Crippen LogP contribution in [0, 0.1) is 0 Å². The fraction of sp³-hybridized carbons (Fsp3) is 0.118. The number of carboxylic acids is 1. The van der Waals surface area contributed by atoms with Gasteiger partial charge in [-0.2, -0.15) is 0 Å². The van der Waals surface area contributed by atoms with Gasteiger partial charge in [0.1, 0.15) is 11.5 Å². The molecule has 7 heteroatoms. The summed E-state index contributed by atoms with van der Waals surface area (Å²) >= 11 is 7.08. The lowest BCUT2D eigenvalue weighted by atomic mass is 10.1. The highest BCUT2D eigenvalue weighted by atomic mass is 35.5. The minimum atomic E-state index is -0.977. The maximum absolute atomic E-state index is 12.0. The van der Waals surface area contributed by atoms with Gasteiger partial charge in [-0.3, -0.25) is 4.79 Å². The number of ketones is 1. The number of aromatic nitrogens is 1. The maximum atomic E-state index is 12.0. The standard InChI is InChI=1S/C17H12ClNO4S/c18-16-8-7-15(24-16)14(20)6-5-12-9-13(19-23-12)10-1-3-11(4-2-10)17(21)22/h1-4,7-9H,5-6H2,(H,21,22). The minimum absolute atomic E-state index is 0.00987. The van der Waals surface area contributed by atoms with Gasteiger partial charge >= 0.3 is 5.97 Å². The van der Waals surface area contributed by atoms with E-state index in [9.17, 15) is 9.59 Å². The average molecular weight is 362 g/mol. The molecule has 0 saturated heterocycles. The molecule has 0 aliphatic carbocycles. The van der Waals surface area contributed by atoms with Gasteiger partial charge in [-0.15, -0.1) is 11.3 Å². The molecule has 1 aromatic carbocycles. The Hall–Kier alpha value is -2.44. The van der Waals surface area contributed by atoms with Crippen molar-refractivity contribution in [1.29, 1.82) is 0 Å². The van der Waals surface area contributed by atoms with Crippen molar-refractivity contribution in [2.45, 2.75) is 12.8 Å². The van der Waals surface area contributed by atoms with Gasteiger partial charge in [-0.1, -0.05) is 28.9 Å². The lowest BCUT2D eigenvalue weighted by Crippen LogP contribution is -1.97.